The first-order valence-corrected chi connectivity index (χ1v) is 5.48. The molecule has 3 aromatic rings. The van der Waals surface area contributed by atoms with Crippen LogP contribution >= 0.6 is 11.6 Å². The molecule has 2 aromatic heterocycles. The highest BCUT2D eigenvalue weighted by Gasteiger charge is 2.10. The van der Waals surface area contributed by atoms with Crippen LogP contribution in [0.15, 0.2) is 41.6 Å². The number of aromatic nitrogens is 4. The summed E-state index contributed by atoms with van der Waals surface area (Å²) in [6.07, 6.45) is 4.58. The molecule has 3 rings (SSSR count). The standard InChI is InChI=1S/C11H8ClN5O/c12-9-3-7(8-4-16-18-11(8)13)1-2-10(9)17-6-14-5-15-17/h1-6H,13H2. The molecular formula is C11H8ClN5O. The van der Waals surface area contributed by atoms with Crippen LogP contribution < -0.4 is 5.73 Å². The highest BCUT2D eigenvalue weighted by atomic mass is 35.5. The van der Waals surface area contributed by atoms with Gasteiger partial charge in [-0.05, 0) is 17.7 Å². The van der Waals surface area contributed by atoms with E-state index in [1.165, 1.54) is 6.33 Å². The molecule has 0 aliphatic rings. The predicted molar refractivity (Wildman–Crippen MR) is 66.3 cm³/mol. The van der Waals surface area contributed by atoms with Crippen LogP contribution in [0.3, 0.4) is 0 Å². The molecule has 0 saturated heterocycles. The van der Waals surface area contributed by atoms with E-state index in [-0.39, 0.29) is 5.88 Å². The zero-order valence-electron chi connectivity index (χ0n) is 9.12. The van der Waals surface area contributed by atoms with Crippen molar-refractivity contribution >= 4 is 17.5 Å². The summed E-state index contributed by atoms with van der Waals surface area (Å²) in [6, 6.07) is 5.48. The first kappa shape index (κ1) is 10.8. The number of benzene rings is 1. The van der Waals surface area contributed by atoms with Gasteiger partial charge in [0.05, 0.1) is 22.5 Å². The van der Waals surface area contributed by atoms with Gasteiger partial charge in [0.2, 0.25) is 5.88 Å². The summed E-state index contributed by atoms with van der Waals surface area (Å²) in [7, 11) is 0. The molecule has 0 saturated carbocycles. The van der Waals surface area contributed by atoms with Gasteiger partial charge in [-0.3, -0.25) is 0 Å². The Labute approximate surface area is 107 Å². The fraction of sp³-hybridized carbons (Fsp3) is 0. The lowest BCUT2D eigenvalue weighted by Crippen LogP contribution is -1.95. The van der Waals surface area contributed by atoms with Crippen LogP contribution in [0.2, 0.25) is 5.02 Å². The highest BCUT2D eigenvalue weighted by molar-refractivity contribution is 6.32. The highest BCUT2D eigenvalue weighted by Crippen LogP contribution is 2.30. The van der Waals surface area contributed by atoms with E-state index in [1.54, 1.807) is 23.3 Å². The second-order valence-electron chi connectivity index (χ2n) is 3.61. The van der Waals surface area contributed by atoms with Crippen LogP contribution in [0.25, 0.3) is 16.8 Å². The molecule has 1 aromatic carbocycles. The lowest BCUT2D eigenvalue weighted by molar-refractivity contribution is 0.436. The summed E-state index contributed by atoms with van der Waals surface area (Å²) in [6.45, 7) is 0. The van der Waals surface area contributed by atoms with Gasteiger partial charge in [-0.2, -0.15) is 5.10 Å². The molecule has 18 heavy (non-hydrogen) atoms. The Balaban J connectivity index is 2.07. The Morgan fingerprint density at radius 3 is 2.83 bits per heavy atom. The van der Waals surface area contributed by atoms with E-state index in [4.69, 9.17) is 21.9 Å². The van der Waals surface area contributed by atoms with Crippen molar-refractivity contribution in [1.82, 2.24) is 19.9 Å². The van der Waals surface area contributed by atoms with E-state index < -0.39 is 0 Å². The fourth-order valence-electron chi connectivity index (χ4n) is 1.66. The number of rotatable bonds is 2. The van der Waals surface area contributed by atoms with Crippen molar-refractivity contribution in [1.29, 1.82) is 0 Å². The number of anilines is 1. The van der Waals surface area contributed by atoms with Gasteiger partial charge >= 0.3 is 0 Å². The summed E-state index contributed by atoms with van der Waals surface area (Å²) < 4.78 is 6.40. The van der Waals surface area contributed by atoms with Crippen molar-refractivity contribution in [3.63, 3.8) is 0 Å². The maximum Gasteiger partial charge on any atom is 0.229 e. The third-order valence-electron chi connectivity index (χ3n) is 2.52. The number of nitrogens with zero attached hydrogens (tertiary/aromatic N) is 4. The summed E-state index contributed by atoms with van der Waals surface area (Å²) >= 11 is 6.21. The summed E-state index contributed by atoms with van der Waals surface area (Å²) in [5.41, 5.74) is 7.94. The van der Waals surface area contributed by atoms with Crippen LogP contribution in [0.5, 0.6) is 0 Å². The molecule has 7 heteroatoms. The normalized spacial score (nSPS) is 10.7. The molecule has 0 spiro atoms. The molecule has 2 heterocycles. The molecule has 0 radical (unpaired) electrons. The summed E-state index contributed by atoms with van der Waals surface area (Å²) in [5, 5.41) is 8.19. The number of nitrogen functional groups attached to an aromatic ring is 1. The molecule has 0 amide bonds. The minimum absolute atomic E-state index is 0.263. The summed E-state index contributed by atoms with van der Waals surface area (Å²) in [4.78, 5) is 3.87. The second-order valence-corrected chi connectivity index (χ2v) is 4.02. The third-order valence-corrected chi connectivity index (χ3v) is 2.83. The van der Waals surface area contributed by atoms with Crippen LogP contribution in [0, 0.1) is 0 Å². The quantitative estimate of drug-likeness (QED) is 0.764. The minimum atomic E-state index is 0.263. The zero-order chi connectivity index (χ0) is 12.5. The average molecular weight is 262 g/mol. The zero-order valence-corrected chi connectivity index (χ0v) is 9.87. The third kappa shape index (κ3) is 1.72. The number of hydrogen-bond donors (Lipinski definition) is 1. The molecule has 0 atom stereocenters. The molecule has 0 unspecified atom stereocenters. The van der Waals surface area contributed by atoms with E-state index in [2.05, 4.69) is 15.2 Å². The average Bonchev–Trinajstić information content (AvgIpc) is 2.99. The smallest absolute Gasteiger partial charge is 0.229 e. The molecule has 0 aliphatic heterocycles. The lowest BCUT2D eigenvalue weighted by Gasteiger charge is -2.05. The van der Waals surface area contributed by atoms with E-state index >= 15 is 0 Å². The molecular weight excluding hydrogens is 254 g/mol. The number of halogens is 1. The van der Waals surface area contributed by atoms with Gasteiger partial charge in [-0.25, -0.2) is 9.67 Å². The van der Waals surface area contributed by atoms with Crippen LogP contribution in [0.1, 0.15) is 0 Å². The Hall–Kier alpha value is -2.34. The molecule has 0 fully saturated rings. The second kappa shape index (κ2) is 4.15. The Kier molecular flexibility index (Phi) is 2.49. The molecule has 2 N–H and O–H groups in total. The molecule has 90 valence electrons. The van der Waals surface area contributed by atoms with E-state index in [0.717, 1.165) is 11.3 Å². The lowest BCUT2D eigenvalue weighted by atomic mass is 10.1. The monoisotopic (exact) mass is 261 g/mol. The molecule has 0 aliphatic carbocycles. The maximum atomic E-state index is 6.21. The first-order valence-electron chi connectivity index (χ1n) is 5.11. The van der Waals surface area contributed by atoms with Crippen LogP contribution in [0.4, 0.5) is 5.88 Å². The molecule has 6 nitrogen and oxygen atoms in total. The van der Waals surface area contributed by atoms with E-state index in [9.17, 15) is 0 Å². The number of nitrogens with two attached hydrogens (primary N) is 1. The van der Waals surface area contributed by atoms with Gasteiger partial charge in [-0.15, -0.1) is 0 Å². The van der Waals surface area contributed by atoms with Gasteiger partial charge in [-0.1, -0.05) is 22.8 Å². The predicted octanol–water partition coefficient (Wildman–Crippen LogP) is 2.16. The van der Waals surface area contributed by atoms with Gasteiger partial charge in [0.25, 0.3) is 0 Å². The maximum absolute atomic E-state index is 6.21. The Morgan fingerprint density at radius 1 is 1.33 bits per heavy atom. The Bertz CT molecular complexity index is 677. The molecule has 0 bridgehead atoms. The van der Waals surface area contributed by atoms with Crippen molar-refractivity contribution < 1.29 is 4.52 Å². The van der Waals surface area contributed by atoms with Crippen molar-refractivity contribution in [3.8, 4) is 16.8 Å². The van der Waals surface area contributed by atoms with E-state index in [0.29, 0.717) is 10.6 Å². The van der Waals surface area contributed by atoms with Gasteiger partial charge in [0.15, 0.2) is 0 Å². The van der Waals surface area contributed by atoms with Crippen molar-refractivity contribution in [2.24, 2.45) is 0 Å². The van der Waals surface area contributed by atoms with Gasteiger partial charge in [0.1, 0.15) is 12.7 Å². The summed E-state index contributed by atoms with van der Waals surface area (Å²) in [5.74, 6) is 0.263. The Morgan fingerprint density at radius 2 is 2.22 bits per heavy atom. The topological polar surface area (TPSA) is 82.8 Å². The van der Waals surface area contributed by atoms with Crippen molar-refractivity contribution in [2.45, 2.75) is 0 Å². The minimum Gasteiger partial charge on any atom is -0.367 e. The van der Waals surface area contributed by atoms with Crippen LogP contribution in [-0.4, -0.2) is 19.9 Å². The fourth-order valence-corrected chi connectivity index (χ4v) is 1.93. The largest absolute Gasteiger partial charge is 0.367 e. The SMILES string of the molecule is Nc1oncc1-c1ccc(-n2cncn2)c(Cl)c1. The van der Waals surface area contributed by atoms with Gasteiger partial charge < -0.3 is 10.3 Å². The van der Waals surface area contributed by atoms with E-state index in [1.807, 2.05) is 12.1 Å². The van der Waals surface area contributed by atoms with Crippen molar-refractivity contribution in [3.05, 3.63) is 42.1 Å². The van der Waals surface area contributed by atoms with Crippen molar-refractivity contribution in [2.75, 3.05) is 5.73 Å². The number of hydrogen-bond acceptors (Lipinski definition) is 5. The van der Waals surface area contributed by atoms with Crippen LogP contribution in [-0.2, 0) is 0 Å². The first-order chi connectivity index (χ1) is 8.75. The van der Waals surface area contributed by atoms with Gasteiger partial charge in [0, 0.05) is 0 Å².